The number of nitrogens with zero attached hydrogens (tertiary/aromatic N) is 4. The molecule has 1 fully saturated rings. The Bertz CT molecular complexity index is 708. The monoisotopic (exact) mass is 348 g/mol. The molecule has 0 radical (unpaired) electrons. The van der Waals surface area contributed by atoms with Crippen molar-refractivity contribution < 1.29 is 9.32 Å². The van der Waals surface area contributed by atoms with Crippen molar-refractivity contribution in [3.63, 3.8) is 0 Å². The zero-order valence-electron chi connectivity index (χ0n) is 14.7. The summed E-state index contributed by atoms with van der Waals surface area (Å²) in [5, 5.41) is 7.11. The van der Waals surface area contributed by atoms with Crippen molar-refractivity contribution in [2.75, 3.05) is 26.2 Å². The standard InChI is InChI=1S/C17H24N4O2S/c1-12-9-14(23-19-12)15(22)21-7-5-20(6-8-21)10-13-11-24-16(18-13)17(2,3)4/h9,11H,5-8,10H2,1-4H3. The van der Waals surface area contributed by atoms with E-state index in [1.165, 1.54) is 5.01 Å². The van der Waals surface area contributed by atoms with Crippen LogP contribution >= 0.6 is 11.3 Å². The minimum Gasteiger partial charge on any atom is -0.351 e. The molecule has 7 heteroatoms. The van der Waals surface area contributed by atoms with Gasteiger partial charge < -0.3 is 9.42 Å². The third-order valence-electron chi connectivity index (χ3n) is 4.08. The van der Waals surface area contributed by atoms with Crippen LogP contribution < -0.4 is 0 Å². The van der Waals surface area contributed by atoms with Gasteiger partial charge in [-0.2, -0.15) is 0 Å². The Morgan fingerprint density at radius 3 is 2.54 bits per heavy atom. The first-order valence-corrected chi connectivity index (χ1v) is 9.11. The Morgan fingerprint density at radius 2 is 2.00 bits per heavy atom. The molecule has 0 aliphatic carbocycles. The second kappa shape index (κ2) is 6.64. The number of aromatic nitrogens is 2. The van der Waals surface area contributed by atoms with Gasteiger partial charge in [0.05, 0.1) is 16.4 Å². The van der Waals surface area contributed by atoms with E-state index in [1.54, 1.807) is 17.4 Å². The summed E-state index contributed by atoms with van der Waals surface area (Å²) in [4.78, 5) is 21.3. The topological polar surface area (TPSA) is 62.5 Å². The lowest BCUT2D eigenvalue weighted by molar-refractivity contribution is 0.0587. The average molecular weight is 348 g/mol. The van der Waals surface area contributed by atoms with E-state index in [0.717, 1.165) is 31.0 Å². The van der Waals surface area contributed by atoms with Gasteiger partial charge in [0.1, 0.15) is 0 Å². The lowest BCUT2D eigenvalue weighted by atomic mass is 9.98. The van der Waals surface area contributed by atoms with Gasteiger partial charge in [-0.25, -0.2) is 4.98 Å². The molecule has 1 amide bonds. The zero-order valence-corrected chi connectivity index (χ0v) is 15.5. The number of rotatable bonds is 3. The predicted octanol–water partition coefficient (Wildman–Crippen LogP) is 2.70. The summed E-state index contributed by atoms with van der Waals surface area (Å²) in [5.74, 6) is 0.259. The van der Waals surface area contributed by atoms with Crippen LogP contribution in [0.5, 0.6) is 0 Å². The molecule has 0 atom stereocenters. The molecule has 2 aromatic heterocycles. The van der Waals surface area contributed by atoms with Crippen molar-refractivity contribution in [1.82, 2.24) is 19.9 Å². The van der Waals surface area contributed by atoms with Crippen molar-refractivity contribution in [3.8, 4) is 0 Å². The molecule has 24 heavy (non-hydrogen) atoms. The van der Waals surface area contributed by atoms with Crippen LogP contribution in [-0.2, 0) is 12.0 Å². The summed E-state index contributed by atoms with van der Waals surface area (Å²) in [6, 6.07) is 1.69. The van der Waals surface area contributed by atoms with E-state index < -0.39 is 0 Å². The van der Waals surface area contributed by atoms with Crippen molar-refractivity contribution in [1.29, 1.82) is 0 Å². The number of carbonyl (C=O) groups is 1. The lowest BCUT2D eigenvalue weighted by Crippen LogP contribution is -2.48. The van der Waals surface area contributed by atoms with Crippen LogP contribution in [0.4, 0.5) is 0 Å². The first kappa shape index (κ1) is 17.1. The Hall–Kier alpha value is -1.73. The zero-order chi connectivity index (χ0) is 17.3. The van der Waals surface area contributed by atoms with E-state index in [1.807, 2.05) is 11.8 Å². The summed E-state index contributed by atoms with van der Waals surface area (Å²) in [6.07, 6.45) is 0. The van der Waals surface area contributed by atoms with Gasteiger partial charge in [0.25, 0.3) is 5.91 Å². The van der Waals surface area contributed by atoms with E-state index in [4.69, 9.17) is 9.51 Å². The van der Waals surface area contributed by atoms with Crippen LogP contribution in [0.3, 0.4) is 0 Å². The van der Waals surface area contributed by atoms with Crippen LogP contribution in [0.15, 0.2) is 16.0 Å². The second-order valence-electron chi connectivity index (χ2n) is 7.29. The van der Waals surface area contributed by atoms with Gasteiger partial charge in [-0.05, 0) is 6.92 Å². The fraction of sp³-hybridized carbons (Fsp3) is 0.588. The highest BCUT2D eigenvalue weighted by molar-refractivity contribution is 7.09. The molecule has 3 rings (SSSR count). The maximum atomic E-state index is 12.4. The summed E-state index contributed by atoms with van der Waals surface area (Å²) in [6.45, 7) is 12.3. The number of carbonyl (C=O) groups excluding carboxylic acids is 1. The van der Waals surface area contributed by atoms with Gasteiger partial charge >= 0.3 is 0 Å². The fourth-order valence-electron chi connectivity index (χ4n) is 2.68. The third-order valence-corrected chi connectivity index (χ3v) is 5.39. The smallest absolute Gasteiger partial charge is 0.292 e. The molecule has 130 valence electrons. The Kier molecular flexibility index (Phi) is 4.73. The molecule has 6 nitrogen and oxygen atoms in total. The Balaban J connectivity index is 1.54. The Labute approximate surface area is 146 Å². The first-order valence-electron chi connectivity index (χ1n) is 8.23. The second-order valence-corrected chi connectivity index (χ2v) is 8.15. The number of aryl methyl sites for hydroxylation is 1. The number of thiazole rings is 1. The van der Waals surface area contributed by atoms with Crippen molar-refractivity contribution in [2.45, 2.75) is 39.7 Å². The van der Waals surface area contributed by atoms with Gasteiger partial charge in [0.2, 0.25) is 5.76 Å². The number of amides is 1. The van der Waals surface area contributed by atoms with Gasteiger partial charge in [-0.1, -0.05) is 25.9 Å². The highest BCUT2D eigenvalue weighted by Crippen LogP contribution is 2.26. The summed E-state index contributed by atoms with van der Waals surface area (Å²) in [5.41, 5.74) is 1.95. The molecular formula is C17H24N4O2S. The van der Waals surface area contributed by atoms with Crippen LogP contribution in [0.2, 0.25) is 0 Å². The Morgan fingerprint density at radius 1 is 1.29 bits per heavy atom. The maximum Gasteiger partial charge on any atom is 0.292 e. The minimum absolute atomic E-state index is 0.0704. The van der Waals surface area contributed by atoms with Crippen molar-refractivity contribution in [2.24, 2.45) is 0 Å². The molecule has 1 aliphatic heterocycles. The summed E-state index contributed by atoms with van der Waals surface area (Å²) >= 11 is 1.73. The molecule has 0 bridgehead atoms. The minimum atomic E-state index is -0.0704. The fourth-order valence-corrected chi connectivity index (χ4v) is 3.58. The number of hydrogen-bond acceptors (Lipinski definition) is 6. The molecule has 1 aliphatic rings. The van der Waals surface area contributed by atoms with E-state index in [-0.39, 0.29) is 11.3 Å². The van der Waals surface area contributed by atoms with E-state index in [9.17, 15) is 4.79 Å². The summed E-state index contributed by atoms with van der Waals surface area (Å²) in [7, 11) is 0. The molecule has 0 aromatic carbocycles. The van der Waals surface area contributed by atoms with Crippen molar-refractivity contribution >= 4 is 17.2 Å². The average Bonchev–Trinajstić information content (AvgIpc) is 3.16. The van der Waals surface area contributed by atoms with E-state index in [0.29, 0.717) is 18.8 Å². The molecule has 0 saturated carbocycles. The summed E-state index contributed by atoms with van der Waals surface area (Å²) < 4.78 is 5.07. The molecule has 2 aromatic rings. The number of hydrogen-bond donors (Lipinski definition) is 0. The largest absolute Gasteiger partial charge is 0.351 e. The lowest BCUT2D eigenvalue weighted by Gasteiger charge is -2.33. The van der Waals surface area contributed by atoms with Crippen molar-refractivity contribution in [3.05, 3.63) is 33.6 Å². The quantitative estimate of drug-likeness (QED) is 0.853. The first-order chi connectivity index (χ1) is 11.3. The molecular weight excluding hydrogens is 324 g/mol. The highest BCUT2D eigenvalue weighted by atomic mass is 32.1. The molecule has 1 saturated heterocycles. The third kappa shape index (κ3) is 3.84. The predicted molar refractivity (Wildman–Crippen MR) is 93.2 cm³/mol. The van der Waals surface area contributed by atoms with Crippen LogP contribution in [-0.4, -0.2) is 52.0 Å². The number of piperazine rings is 1. The van der Waals surface area contributed by atoms with Crippen LogP contribution in [0.25, 0.3) is 0 Å². The van der Waals surface area contributed by atoms with Crippen LogP contribution in [0, 0.1) is 6.92 Å². The normalized spacial score (nSPS) is 16.6. The molecule has 0 N–H and O–H groups in total. The van der Waals surface area contributed by atoms with Gasteiger partial charge in [-0.3, -0.25) is 9.69 Å². The molecule has 0 spiro atoms. The SMILES string of the molecule is Cc1cc(C(=O)N2CCN(Cc3csc(C(C)(C)C)n3)CC2)on1. The highest BCUT2D eigenvalue weighted by Gasteiger charge is 2.25. The van der Waals surface area contributed by atoms with E-state index in [2.05, 4.69) is 36.2 Å². The van der Waals surface area contributed by atoms with Gasteiger partial charge in [0, 0.05) is 49.6 Å². The molecule has 3 heterocycles. The maximum absolute atomic E-state index is 12.4. The van der Waals surface area contributed by atoms with E-state index >= 15 is 0 Å². The van der Waals surface area contributed by atoms with Crippen LogP contribution in [0.1, 0.15) is 47.7 Å². The van der Waals surface area contributed by atoms with Gasteiger partial charge in [-0.15, -0.1) is 11.3 Å². The molecule has 0 unspecified atom stereocenters. The van der Waals surface area contributed by atoms with Gasteiger partial charge in [0.15, 0.2) is 0 Å².